The number of nitrogens with one attached hydrogen (secondary N) is 1. The van der Waals surface area contributed by atoms with Crippen molar-refractivity contribution in [3.05, 3.63) is 45.8 Å². The summed E-state index contributed by atoms with van der Waals surface area (Å²) < 4.78 is 10.3. The van der Waals surface area contributed by atoms with Crippen molar-refractivity contribution in [3.63, 3.8) is 0 Å². The van der Waals surface area contributed by atoms with Crippen molar-refractivity contribution in [2.24, 2.45) is 5.92 Å². The largest absolute Gasteiger partial charge is 0.450 e. The van der Waals surface area contributed by atoms with Crippen LogP contribution < -0.4 is 10.7 Å². The molecule has 1 aromatic carbocycles. The molecular formula is C18H19NO5. The lowest BCUT2D eigenvalue weighted by molar-refractivity contribution is -0.125. The minimum atomic E-state index is -0.830. The van der Waals surface area contributed by atoms with Crippen molar-refractivity contribution in [1.82, 2.24) is 5.32 Å². The fourth-order valence-electron chi connectivity index (χ4n) is 2.58. The zero-order valence-electron chi connectivity index (χ0n) is 13.6. The molecule has 1 aliphatic carbocycles. The monoisotopic (exact) mass is 329 g/mol. The molecule has 1 N–H and O–H groups in total. The highest BCUT2D eigenvalue weighted by Gasteiger charge is 2.29. The number of carbonyl (C=O) groups is 2. The molecule has 0 bridgehead atoms. The van der Waals surface area contributed by atoms with Gasteiger partial charge in [-0.15, -0.1) is 0 Å². The number of hydrogen-bond donors (Lipinski definition) is 1. The molecule has 1 atom stereocenters. The van der Waals surface area contributed by atoms with Gasteiger partial charge >= 0.3 is 5.97 Å². The van der Waals surface area contributed by atoms with E-state index in [2.05, 4.69) is 5.32 Å². The minimum Gasteiger partial charge on any atom is -0.450 e. The summed E-state index contributed by atoms with van der Waals surface area (Å²) in [5, 5.41) is 3.19. The number of ether oxygens (including phenoxy) is 1. The third-order valence-corrected chi connectivity index (χ3v) is 4.14. The van der Waals surface area contributed by atoms with E-state index in [1.807, 2.05) is 13.8 Å². The maximum Gasteiger partial charge on any atom is 0.374 e. The maximum atomic E-state index is 12.1. The zero-order chi connectivity index (χ0) is 17.3. The van der Waals surface area contributed by atoms with Gasteiger partial charge in [-0.1, -0.05) is 11.6 Å². The lowest BCUT2D eigenvalue weighted by Crippen LogP contribution is -2.37. The summed E-state index contributed by atoms with van der Waals surface area (Å²) in [5.74, 6) is -0.878. The summed E-state index contributed by atoms with van der Waals surface area (Å²) in [7, 11) is 0. The molecule has 3 rings (SSSR count). The fraction of sp³-hybridized carbons (Fsp3) is 0.389. The van der Waals surface area contributed by atoms with E-state index >= 15 is 0 Å². The molecule has 6 nitrogen and oxygen atoms in total. The van der Waals surface area contributed by atoms with Gasteiger partial charge in [-0.2, -0.15) is 0 Å². The van der Waals surface area contributed by atoms with Crippen LogP contribution in [0.1, 0.15) is 35.9 Å². The number of aryl methyl sites for hydroxylation is 1. The zero-order valence-corrected chi connectivity index (χ0v) is 13.6. The second-order valence-electron chi connectivity index (χ2n) is 6.24. The van der Waals surface area contributed by atoms with Crippen LogP contribution in [0.2, 0.25) is 0 Å². The van der Waals surface area contributed by atoms with Gasteiger partial charge in [-0.05, 0) is 44.7 Å². The minimum absolute atomic E-state index is 0.0815. The van der Waals surface area contributed by atoms with E-state index in [0.717, 1.165) is 24.5 Å². The first kappa shape index (κ1) is 16.2. The first-order valence-corrected chi connectivity index (χ1v) is 7.95. The lowest BCUT2D eigenvalue weighted by Gasteiger charge is -2.12. The van der Waals surface area contributed by atoms with Crippen LogP contribution >= 0.6 is 0 Å². The Hall–Kier alpha value is -2.63. The fourth-order valence-corrected chi connectivity index (χ4v) is 2.58. The first-order valence-electron chi connectivity index (χ1n) is 7.95. The van der Waals surface area contributed by atoms with E-state index in [1.54, 1.807) is 18.2 Å². The van der Waals surface area contributed by atoms with E-state index in [9.17, 15) is 14.4 Å². The lowest BCUT2D eigenvalue weighted by atomic mass is 10.1. The van der Waals surface area contributed by atoms with Crippen LogP contribution in [0.4, 0.5) is 0 Å². The molecule has 1 fully saturated rings. The Kier molecular flexibility index (Phi) is 4.38. The highest BCUT2D eigenvalue weighted by atomic mass is 16.5. The molecule has 126 valence electrons. The average molecular weight is 329 g/mol. The Labute approximate surface area is 138 Å². The van der Waals surface area contributed by atoms with Gasteiger partial charge in [0.25, 0.3) is 5.91 Å². The summed E-state index contributed by atoms with van der Waals surface area (Å²) in [4.78, 5) is 35.8. The number of amides is 1. The molecule has 1 amide bonds. The predicted molar refractivity (Wildman–Crippen MR) is 87.8 cm³/mol. The molecule has 2 aromatic rings. The molecule has 6 heteroatoms. The number of hydrogen-bond acceptors (Lipinski definition) is 5. The number of carbonyl (C=O) groups excluding carboxylic acids is 2. The Balaban J connectivity index is 1.66. The van der Waals surface area contributed by atoms with E-state index < -0.39 is 12.6 Å². The molecule has 1 aromatic heterocycles. The highest BCUT2D eigenvalue weighted by Crippen LogP contribution is 2.32. The summed E-state index contributed by atoms with van der Waals surface area (Å²) in [6.07, 6.45) is 2.23. The number of fused-ring (bicyclic) bond motifs is 1. The summed E-state index contributed by atoms with van der Waals surface area (Å²) in [5.41, 5.74) is 0.914. The molecule has 24 heavy (non-hydrogen) atoms. The Morgan fingerprint density at radius 3 is 2.79 bits per heavy atom. The van der Waals surface area contributed by atoms with Crippen molar-refractivity contribution >= 4 is 22.8 Å². The first-order chi connectivity index (χ1) is 11.4. The molecule has 1 aliphatic rings. The summed E-state index contributed by atoms with van der Waals surface area (Å²) in [6.45, 7) is 3.40. The highest BCUT2D eigenvalue weighted by molar-refractivity contribution is 5.90. The number of rotatable bonds is 5. The Bertz CT molecular complexity index is 850. The molecule has 0 spiro atoms. The predicted octanol–water partition coefficient (Wildman–Crippen LogP) is 2.17. The van der Waals surface area contributed by atoms with Crippen LogP contribution in [0, 0.1) is 12.8 Å². The maximum absolute atomic E-state index is 12.1. The average Bonchev–Trinajstić information content (AvgIpc) is 3.38. The second-order valence-corrected chi connectivity index (χ2v) is 6.24. The van der Waals surface area contributed by atoms with E-state index in [-0.39, 0.29) is 23.1 Å². The topological polar surface area (TPSA) is 85.6 Å². The van der Waals surface area contributed by atoms with Crippen molar-refractivity contribution in [2.75, 3.05) is 6.61 Å². The van der Waals surface area contributed by atoms with Crippen LogP contribution in [-0.4, -0.2) is 24.5 Å². The standard InChI is InChI=1S/C18H19NO5/c1-10-3-6-15-13(7-10)14(20)8-16(24-15)18(22)23-9-17(21)19-11(2)12-4-5-12/h3,6-8,11-12H,4-5,9H2,1-2H3,(H,19,21)/t11-/m0/s1. The molecule has 1 heterocycles. The third-order valence-electron chi connectivity index (χ3n) is 4.14. The summed E-state index contributed by atoms with van der Waals surface area (Å²) >= 11 is 0. The van der Waals surface area contributed by atoms with Gasteiger partial charge in [0.15, 0.2) is 12.0 Å². The van der Waals surface area contributed by atoms with Gasteiger partial charge in [-0.3, -0.25) is 9.59 Å². The van der Waals surface area contributed by atoms with Crippen molar-refractivity contribution < 1.29 is 18.7 Å². The molecule has 0 radical (unpaired) electrons. The number of esters is 1. The van der Waals surface area contributed by atoms with Crippen molar-refractivity contribution in [3.8, 4) is 0 Å². The SMILES string of the molecule is Cc1ccc2oc(C(=O)OCC(=O)N[C@@H](C)C3CC3)cc(=O)c2c1. The molecule has 0 aliphatic heterocycles. The van der Waals surface area contributed by atoms with Gasteiger partial charge < -0.3 is 14.5 Å². The normalized spacial score (nSPS) is 15.1. The van der Waals surface area contributed by atoms with Gasteiger partial charge in [0.05, 0.1) is 5.39 Å². The quantitative estimate of drug-likeness (QED) is 0.850. The second kappa shape index (κ2) is 6.47. The van der Waals surface area contributed by atoms with Crippen molar-refractivity contribution in [1.29, 1.82) is 0 Å². The van der Waals surface area contributed by atoms with Crippen LogP contribution in [0.25, 0.3) is 11.0 Å². The van der Waals surface area contributed by atoms with Crippen LogP contribution in [-0.2, 0) is 9.53 Å². The number of benzene rings is 1. The van der Waals surface area contributed by atoms with E-state index in [1.165, 1.54) is 0 Å². The Morgan fingerprint density at radius 1 is 1.33 bits per heavy atom. The van der Waals surface area contributed by atoms with Crippen LogP contribution in [0.3, 0.4) is 0 Å². The van der Waals surface area contributed by atoms with Gasteiger partial charge in [0.2, 0.25) is 5.76 Å². The molecular weight excluding hydrogens is 310 g/mol. The van der Waals surface area contributed by atoms with Gasteiger partial charge in [-0.25, -0.2) is 4.79 Å². The van der Waals surface area contributed by atoms with Crippen LogP contribution in [0.15, 0.2) is 33.5 Å². The van der Waals surface area contributed by atoms with Crippen LogP contribution in [0.5, 0.6) is 0 Å². The Morgan fingerprint density at radius 2 is 2.08 bits per heavy atom. The molecule has 1 saturated carbocycles. The molecule has 0 saturated heterocycles. The molecule has 0 unspecified atom stereocenters. The smallest absolute Gasteiger partial charge is 0.374 e. The van der Waals surface area contributed by atoms with E-state index in [0.29, 0.717) is 16.9 Å². The van der Waals surface area contributed by atoms with Gasteiger partial charge in [0.1, 0.15) is 5.58 Å². The third kappa shape index (κ3) is 3.64. The summed E-state index contributed by atoms with van der Waals surface area (Å²) in [6, 6.07) is 6.29. The van der Waals surface area contributed by atoms with E-state index in [4.69, 9.17) is 9.15 Å². The van der Waals surface area contributed by atoms with Crippen molar-refractivity contribution in [2.45, 2.75) is 32.7 Å². The van der Waals surface area contributed by atoms with Gasteiger partial charge in [0, 0.05) is 12.1 Å².